The molecule has 1 aromatic carbocycles. The van der Waals surface area contributed by atoms with Gasteiger partial charge in [-0.3, -0.25) is 4.79 Å². The van der Waals surface area contributed by atoms with Crippen LogP contribution in [0.4, 0.5) is 0 Å². The molecule has 0 radical (unpaired) electrons. The summed E-state index contributed by atoms with van der Waals surface area (Å²) in [5.74, 6) is 0.181. The van der Waals surface area contributed by atoms with E-state index in [1.54, 1.807) is 18.2 Å². The summed E-state index contributed by atoms with van der Waals surface area (Å²) in [6.45, 7) is 2.07. The lowest BCUT2D eigenvalue weighted by atomic mass is 9.78. The van der Waals surface area contributed by atoms with Gasteiger partial charge in [0.15, 0.2) is 0 Å². The summed E-state index contributed by atoms with van der Waals surface area (Å²) in [5, 5.41) is 12.6. The molecule has 3 nitrogen and oxygen atoms in total. The molecule has 16 heavy (non-hydrogen) atoms. The Morgan fingerprint density at radius 1 is 1.44 bits per heavy atom. The molecule has 1 aliphatic carbocycles. The Hall–Kier alpha value is -1.51. The average Bonchev–Trinajstić information content (AvgIpc) is 2.19. The zero-order valence-corrected chi connectivity index (χ0v) is 9.49. The molecule has 1 amide bonds. The zero-order chi connectivity index (χ0) is 11.6. The average molecular weight is 219 g/mol. The van der Waals surface area contributed by atoms with Gasteiger partial charge in [0.05, 0.1) is 6.42 Å². The van der Waals surface area contributed by atoms with Crippen LogP contribution < -0.4 is 5.32 Å². The van der Waals surface area contributed by atoms with Crippen LogP contribution in [0.3, 0.4) is 0 Å². The van der Waals surface area contributed by atoms with Gasteiger partial charge in [-0.25, -0.2) is 0 Å². The predicted molar refractivity (Wildman–Crippen MR) is 62.2 cm³/mol. The van der Waals surface area contributed by atoms with Crippen LogP contribution in [0.1, 0.15) is 31.7 Å². The third-order valence-corrected chi connectivity index (χ3v) is 3.24. The number of nitrogens with one attached hydrogen (secondary N) is 1. The molecule has 0 aliphatic heterocycles. The van der Waals surface area contributed by atoms with Gasteiger partial charge in [0.2, 0.25) is 5.91 Å². The van der Waals surface area contributed by atoms with Crippen LogP contribution in [0, 0.1) is 0 Å². The number of aromatic hydroxyl groups is 1. The van der Waals surface area contributed by atoms with E-state index in [2.05, 4.69) is 12.2 Å². The highest BCUT2D eigenvalue weighted by Gasteiger charge is 2.32. The normalized spacial score (nSPS) is 17.6. The highest BCUT2D eigenvalue weighted by atomic mass is 16.3. The first-order chi connectivity index (χ1) is 7.59. The van der Waals surface area contributed by atoms with E-state index in [1.807, 2.05) is 6.07 Å². The number of amides is 1. The number of carbonyl (C=O) groups is 1. The van der Waals surface area contributed by atoms with Crippen molar-refractivity contribution >= 4 is 5.91 Å². The maximum absolute atomic E-state index is 11.8. The standard InChI is InChI=1S/C13H17NO2/c1-13(7-4-8-13)14-12(16)9-10-5-2-3-6-11(10)15/h2-3,5-6,15H,4,7-9H2,1H3,(H,14,16). The van der Waals surface area contributed by atoms with Crippen molar-refractivity contribution in [3.63, 3.8) is 0 Å². The van der Waals surface area contributed by atoms with E-state index in [1.165, 1.54) is 6.42 Å². The van der Waals surface area contributed by atoms with E-state index in [0.29, 0.717) is 5.56 Å². The number of phenolic OH excluding ortho intramolecular Hbond substituents is 1. The third kappa shape index (κ3) is 2.35. The summed E-state index contributed by atoms with van der Waals surface area (Å²) in [6, 6.07) is 6.96. The van der Waals surface area contributed by atoms with E-state index >= 15 is 0 Å². The first kappa shape index (κ1) is 11.0. The number of carbonyl (C=O) groups excluding carboxylic acids is 1. The molecule has 1 aliphatic rings. The molecule has 0 bridgehead atoms. The molecule has 3 heteroatoms. The Kier molecular flexibility index (Phi) is 2.86. The lowest BCUT2D eigenvalue weighted by Crippen LogP contribution is -2.51. The molecule has 2 rings (SSSR count). The van der Waals surface area contributed by atoms with Crippen LogP contribution in [0.5, 0.6) is 5.75 Å². The van der Waals surface area contributed by atoms with Crippen molar-refractivity contribution in [2.45, 2.75) is 38.1 Å². The Bertz CT molecular complexity index is 397. The fraction of sp³-hybridized carbons (Fsp3) is 0.462. The number of benzene rings is 1. The first-order valence-electron chi connectivity index (χ1n) is 5.67. The number of para-hydroxylation sites is 1. The van der Waals surface area contributed by atoms with Gasteiger partial charge in [-0.05, 0) is 32.3 Å². The molecule has 0 unspecified atom stereocenters. The third-order valence-electron chi connectivity index (χ3n) is 3.24. The van der Waals surface area contributed by atoms with Crippen LogP contribution in [-0.2, 0) is 11.2 Å². The van der Waals surface area contributed by atoms with E-state index in [0.717, 1.165) is 12.8 Å². The molecular weight excluding hydrogens is 202 g/mol. The maximum atomic E-state index is 11.8. The summed E-state index contributed by atoms with van der Waals surface area (Å²) in [5.41, 5.74) is 0.671. The zero-order valence-electron chi connectivity index (χ0n) is 9.49. The molecule has 0 spiro atoms. The smallest absolute Gasteiger partial charge is 0.224 e. The minimum atomic E-state index is -0.0124. The maximum Gasteiger partial charge on any atom is 0.224 e. The molecule has 0 saturated heterocycles. The number of hydrogen-bond acceptors (Lipinski definition) is 2. The SMILES string of the molecule is CC1(NC(=O)Cc2ccccc2O)CCC1. The fourth-order valence-electron chi connectivity index (χ4n) is 2.05. The molecule has 0 aromatic heterocycles. The second kappa shape index (κ2) is 4.16. The summed E-state index contributed by atoms with van der Waals surface area (Å²) in [6.07, 6.45) is 3.55. The van der Waals surface area contributed by atoms with Gasteiger partial charge in [0.25, 0.3) is 0 Å². The Labute approximate surface area is 95.5 Å². The minimum absolute atomic E-state index is 0.0105. The fourth-order valence-corrected chi connectivity index (χ4v) is 2.05. The van der Waals surface area contributed by atoms with Crippen molar-refractivity contribution < 1.29 is 9.90 Å². The highest BCUT2D eigenvalue weighted by molar-refractivity contribution is 5.80. The van der Waals surface area contributed by atoms with E-state index in [4.69, 9.17) is 0 Å². The van der Waals surface area contributed by atoms with Crippen molar-refractivity contribution in [1.82, 2.24) is 5.32 Å². The predicted octanol–water partition coefficient (Wildman–Crippen LogP) is 1.99. The number of phenols is 1. The van der Waals surface area contributed by atoms with Gasteiger partial charge >= 0.3 is 0 Å². The van der Waals surface area contributed by atoms with Crippen LogP contribution in [0.15, 0.2) is 24.3 Å². The van der Waals surface area contributed by atoms with E-state index in [9.17, 15) is 9.90 Å². The summed E-state index contributed by atoms with van der Waals surface area (Å²) >= 11 is 0. The first-order valence-corrected chi connectivity index (χ1v) is 5.67. The van der Waals surface area contributed by atoms with Crippen molar-refractivity contribution in [3.8, 4) is 5.75 Å². The topological polar surface area (TPSA) is 49.3 Å². The molecule has 0 atom stereocenters. The van der Waals surface area contributed by atoms with Gasteiger partial charge < -0.3 is 10.4 Å². The molecule has 2 N–H and O–H groups in total. The van der Waals surface area contributed by atoms with Gasteiger partial charge in [-0.1, -0.05) is 18.2 Å². The molecule has 1 aromatic rings. The molecule has 0 heterocycles. The van der Waals surface area contributed by atoms with Crippen LogP contribution in [0.25, 0.3) is 0 Å². The van der Waals surface area contributed by atoms with Crippen LogP contribution in [-0.4, -0.2) is 16.6 Å². The Morgan fingerprint density at radius 3 is 2.69 bits per heavy atom. The summed E-state index contributed by atoms with van der Waals surface area (Å²) in [4.78, 5) is 11.8. The van der Waals surface area contributed by atoms with Crippen molar-refractivity contribution in [3.05, 3.63) is 29.8 Å². The highest BCUT2D eigenvalue weighted by Crippen LogP contribution is 2.31. The second-order valence-electron chi connectivity index (χ2n) is 4.77. The molecular formula is C13H17NO2. The van der Waals surface area contributed by atoms with E-state index in [-0.39, 0.29) is 23.6 Å². The lowest BCUT2D eigenvalue weighted by molar-refractivity contribution is -0.123. The van der Waals surface area contributed by atoms with Gasteiger partial charge in [0, 0.05) is 11.1 Å². The summed E-state index contributed by atoms with van der Waals surface area (Å²) in [7, 11) is 0. The lowest BCUT2D eigenvalue weighted by Gasteiger charge is -2.39. The van der Waals surface area contributed by atoms with Gasteiger partial charge in [0.1, 0.15) is 5.75 Å². The van der Waals surface area contributed by atoms with Crippen LogP contribution in [0.2, 0.25) is 0 Å². The molecule has 1 fully saturated rings. The molecule has 1 saturated carbocycles. The number of rotatable bonds is 3. The Morgan fingerprint density at radius 2 is 2.12 bits per heavy atom. The quantitative estimate of drug-likeness (QED) is 0.816. The number of hydrogen-bond donors (Lipinski definition) is 2. The monoisotopic (exact) mass is 219 g/mol. The van der Waals surface area contributed by atoms with E-state index < -0.39 is 0 Å². The van der Waals surface area contributed by atoms with Crippen molar-refractivity contribution in [2.24, 2.45) is 0 Å². The Balaban J connectivity index is 1.95. The summed E-state index contributed by atoms with van der Waals surface area (Å²) < 4.78 is 0. The van der Waals surface area contributed by atoms with Crippen molar-refractivity contribution in [2.75, 3.05) is 0 Å². The van der Waals surface area contributed by atoms with Crippen molar-refractivity contribution in [1.29, 1.82) is 0 Å². The largest absolute Gasteiger partial charge is 0.508 e. The second-order valence-corrected chi connectivity index (χ2v) is 4.77. The van der Waals surface area contributed by atoms with Gasteiger partial charge in [-0.2, -0.15) is 0 Å². The van der Waals surface area contributed by atoms with Gasteiger partial charge in [-0.15, -0.1) is 0 Å². The molecule has 86 valence electrons. The van der Waals surface area contributed by atoms with Crippen LogP contribution >= 0.6 is 0 Å². The minimum Gasteiger partial charge on any atom is -0.508 e.